The molecule has 0 radical (unpaired) electrons. The van der Waals surface area contributed by atoms with Gasteiger partial charge in [-0.25, -0.2) is 8.42 Å². The van der Waals surface area contributed by atoms with Crippen molar-refractivity contribution in [1.82, 2.24) is 14.5 Å². The van der Waals surface area contributed by atoms with Gasteiger partial charge in [-0.15, -0.1) is 0 Å². The molecule has 2 atom stereocenters. The Morgan fingerprint density at radius 1 is 1.08 bits per heavy atom. The molecule has 2 aliphatic heterocycles. The molecule has 2 fully saturated rings. The number of carbonyl (C=O) groups is 1. The Labute approximate surface area is 156 Å². The van der Waals surface area contributed by atoms with Gasteiger partial charge in [-0.3, -0.25) is 4.79 Å². The Morgan fingerprint density at radius 2 is 1.62 bits per heavy atom. The van der Waals surface area contributed by atoms with E-state index in [1.54, 1.807) is 24.3 Å². The molecule has 7 heteroatoms. The second kappa shape index (κ2) is 8.06. The Balaban J connectivity index is 1.71. The third kappa shape index (κ3) is 3.80. The number of nitrogens with one attached hydrogen (secondary N) is 1. The Bertz CT molecular complexity index is 715. The number of amides is 1. The molecule has 0 bridgehead atoms. The number of fused-ring (bicyclic) bond motifs is 1. The molecule has 0 aromatic heterocycles. The summed E-state index contributed by atoms with van der Waals surface area (Å²) in [6.45, 7) is 8.19. The van der Waals surface area contributed by atoms with E-state index >= 15 is 0 Å². The molecular formula is C19H29N3O3S. The van der Waals surface area contributed by atoms with Crippen LogP contribution in [0.2, 0.25) is 0 Å². The van der Waals surface area contributed by atoms with Crippen LogP contribution >= 0.6 is 0 Å². The van der Waals surface area contributed by atoms with Crippen molar-refractivity contribution >= 4 is 15.9 Å². The lowest BCUT2D eigenvalue weighted by Gasteiger charge is -2.22. The van der Waals surface area contributed by atoms with Crippen LogP contribution in [0, 0.1) is 11.8 Å². The standard InChI is InChI=1S/C19H29N3O3S/c1-3-22(4-2)26(24,25)18-7-5-15(6-8-18)19(23)21-11-9-16-13-20-14-17(16)10-12-21/h5-8,16-17,20H,3-4,9-14H2,1-2H3/t16-,17+. The number of carbonyl (C=O) groups excluding carboxylic acids is 1. The van der Waals surface area contributed by atoms with E-state index < -0.39 is 10.0 Å². The molecule has 144 valence electrons. The Kier molecular flexibility index (Phi) is 5.99. The highest BCUT2D eigenvalue weighted by Crippen LogP contribution is 2.28. The topological polar surface area (TPSA) is 69.7 Å². The van der Waals surface area contributed by atoms with Gasteiger partial charge in [-0.2, -0.15) is 4.31 Å². The van der Waals surface area contributed by atoms with Gasteiger partial charge in [0.05, 0.1) is 4.90 Å². The van der Waals surface area contributed by atoms with Crippen LogP contribution in [0.15, 0.2) is 29.2 Å². The molecule has 1 N–H and O–H groups in total. The Morgan fingerprint density at radius 3 is 2.12 bits per heavy atom. The minimum absolute atomic E-state index is 0.00437. The zero-order valence-corrected chi connectivity index (χ0v) is 16.5. The first-order valence-corrected chi connectivity index (χ1v) is 11.0. The minimum atomic E-state index is -3.48. The van der Waals surface area contributed by atoms with Crippen LogP contribution in [-0.4, -0.2) is 62.8 Å². The van der Waals surface area contributed by atoms with E-state index in [0.29, 0.717) is 30.5 Å². The highest BCUT2D eigenvalue weighted by Gasteiger charge is 2.31. The van der Waals surface area contributed by atoms with Crippen LogP contribution in [0.4, 0.5) is 0 Å². The van der Waals surface area contributed by atoms with Gasteiger partial charge >= 0.3 is 0 Å². The van der Waals surface area contributed by atoms with Gasteiger partial charge in [0.25, 0.3) is 5.91 Å². The largest absolute Gasteiger partial charge is 0.339 e. The third-order valence-corrected chi connectivity index (χ3v) is 7.82. The van der Waals surface area contributed by atoms with Crippen molar-refractivity contribution in [2.45, 2.75) is 31.6 Å². The third-order valence-electron chi connectivity index (χ3n) is 5.75. The monoisotopic (exact) mass is 379 g/mol. The zero-order valence-electron chi connectivity index (χ0n) is 15.6. The second-order valence-electron chi connectivity index (χ2n) is 7.16. The van der Waals surface area contributed by atoms with Crippen molar-refractivity contribution in [1.29, 1.82) is 0 Å². The van der Waals surface area contributed by atoms with Crippen molar-refractivity contribution in [3.63, 3.8) is 0 Å². The fourth-order valence-corrected chi connectivity index (χ4v) is 5.54. The van der Waals surface area contributed by atoms with Gasteiger partial charge in [0.15, 0.2) is 0 Å². The summed E-state index contributed by atoms with van der Waals surface area (Å²) in [5.41, 5.74) is 0.564. The molecule has 0 saturated carbocycles. The first kappa shape index (κ1) is 19.3. The number of rotatable bonds is 5. The van der Waals surface area contributed by atoms with Gasteiger partial charge in [-0.1, -0.05) is 13.8 Å². The second-order valence-corrected chi connectivity index (χ2v) is 9.10. The number of nitrogens with zero attached hydrogens (tertiary/aromatic N) is 2. The van der Waals surface area contributed by atoms with Gasteiger partial charge < -0.3 is 10.2 Å². The fourth-order valence-electron chi connectivity index (χ4n) is 4.09. The molecule has 0 aliphatic carbocycles. The molecule has 3 rings (SSSR count). The smallest absolute Gasteiger partial charge is 0.253 e. The Hall–Kier alpha value is -1.44. The molecule has 1 amide bonds. The SMILES string of the molecule is CCN(CC)S(=O)(=O)c1ccc(C(=O)N2CC[C@@H]3CNC[C@@H]3CC2)cc1. The first-order chi connectivity index (χ1) is 12.5. The number of hydrogen-bond acceptors (Lipinski definition) is 4. The molecule has 2 saturated heterocycles. The molecule has 0 unspecified atom stereocenters. The number of benzene rings is 1. The summed E-state index contributed by atoms with van der Waals surface area (Å²) in [6, 6.07) is 6.40. The maximum atomic E-state index is 12.8. The maximum Gasteiger partial charge on any atom is 0.253 e. The molecule has 1 aromatic rings. The molecule has 26 heavy (non-hydrogen) atoms. The van der Waals surface area contributed by atoms with E-state index in [1.807, 2.05) is 18.7 Å². The summed E-state index contributed by atoms with van der Waals surface area (Å²) >= 11 is 0. The summed E-state index contributed by atoms with van der Waals surface area (Å²) in [5, 5.41) is 3.44. The average Bonchev–Trinajstić information content (AvgIpc) is 3.00. The van der Waals surface area contributed by atoms with Crippen LogP contribution in [-0.2, 0) is 10.0 Å². The predicted octanol–water partition coefficient (Wildman–Crippen LogP) is 1.79. The maximum absolute atomic E-state index is 12.8. The summed E-state index contributed by atoms with van der Waals surface area (Å²) in [5.74, 6) is 1.36. The van der Waals surface area contributed by atoms with Crippen molar-refractivity contribution in [3.05, 3.63) is 29.8 Å². The van der Waals surface area contributed by atoms with Gasteiger partial charge in [-0.05, 0) is 62.0 Å². The number of hydrogen-bond donors (Lipinski definition) is 1. The quantitative estimate of drug-likeness (QED) is 0.847. The van der Waals surface area contributed by atoms with Crippen LogP contribution in [0.3, 0.4) is 0 Å². The highest BCUT2D eigenvalue weighted by molar-refractivity contribution is 7.89. The lowest BCUT2D eigenvalue weighted by molar-refractivity contribution is 0.0758. The highest BCUT2D eigenvalue weighted by atomic mass is 32.2. The van der Waals surface area contributed by atoms with Crippen LogP contribution < -0.4 is 5.32 Å². The van der Waals surface area contributed by atoms with E-state index in [2.05, 4.69) is 5.32 Å². The lowest BCUT2D eigenvalue weighted by Crippen LogP contribution is -2.33. The number of sulfonamides is 1. The first-order valence-electron chi connectivity index (χ1n) is 9.57. The minimum Gasteiger partial charge on any atom is -0.339 e. The molecule has 0 spiro atoms. The summed E-state index contributed by atoms with van der Waals surface area (Å²) in [7, 11) is -3.48. The number of likely N-dealkylation sites (tertiary alicyclic amines) is 1. The van der Waals surface area contributed by atoms with E-state index in [9.17, 15) is 13.2 Å². The lowest BCUT2D eigenvalue weighted by atomic mass is 9.92. The van der Waals surface area contributed by atoms with Crippen molar-refractivity contribution < 1.29 is 13.2 Å². The van der Waals surface area contributed by atoms with E-state index in [4.69, 9.17) is 0 Å². The fraction of sp³-hybridized carbons (Fsp3) is 0.632. The van der Waals surface area contributed by atoms with E-state index in [-0.39, 0.29) is 10.8 Å². The van der Waals surface area contributed by atoms with Crippen LogP contribution in [0.1, 0.15) is 37.0 Å². The predicted molar refractivity (Wildman–Crippen MR) is 102 cm³/mol. The summed E-state index contributed by atoms with van der Waals surface area (Å²) in [6.07, 6.45) is 2.08. The molecular weight excluding hydrogens is 350 g/mol. The van der Waals surface area contributed by atoms with Gasteiger partial charge in [0.1, 0.15) is 0 Å². The molecule has 2 heterocycles. The van der Waals surface area contributed by atoms with Gasteiger partial charge in [0.2, 0.25) is 10.0 Å². The zero-order chi connectivity index (χ0) is 18.7. The van der Waals surface area contributed by atoms with Crippen LogP contribution in [0.25, 0.3) is 0 Å². The van der Waals surface area contributed by atoms with E-state index in [1.165, 1.54) is 4.31 Å². The summed E-state index contributed by atoms with van der Waals surface area (Å²) in [4.78, 5) is 15.0. The van der Waals surface area contributed by atoms with E-state index in [0.717, 1.165) is 39.0 Å². The van der Waals surface area contributed by atoms with Crippen molar-refractivity contribution in [3.8, 4) is 0 Å². The molecule has 1 aromatic carbocycles. The molecule has 2 aliphatic rings. The average molecular weight is 380 g/mol. The van der Waals surface area contributed by atoms with Crippen molar-refractivity contribution in [2.24, 2.45) is 11.8 Å². The van der Waals surface area contributed by atoms with Crippen molar-refractivity contribution in [2.75, 3.05) is 39.3 Å². The van der Waals surface area contributed by atoms with Crippen LogP contribution in [0.5, 0.6) is 0 Å². The molecule has 6 nitrogen and oxygen atoms in total. The summed E-state index contributed by atoms with van der Waals surface area (Å²) < 4.78 is 26.5. The van der Waals surface area contributed by atoms with Gasteiger partial charge in [0, 0.05) is 31.7 Å². The normalized spacial score (nSPS) is 23.7.